The Bertz CT molecular complexity index is 74.1. The van der Waals surface area contributed by atoms with Crippen LogP contribution < -0.4 is 0 Å². The van der Waals surface area contributed by atoms with E-state index in [-0.39, 0.29) is 0 Å². The fourth-order valence-corrected chi connectivity index (χ4v) is 1.56. The summed E-state index contributed by atoms with van der Waals surface area (Å²) in [4.78, 5) is 17.6. The summed E-state index contributed by atoms with van der Waals surface area (Å²) < 4.78 is 1.70. The monoisotopic (exact) mass is 165 g/mol. The fraction of sp³-hybridized carbons (Fsp3) is 1.00. The van der Waals surface area contributed by atoms with Crippen molar-refractivity contribution in [2.75, 3.05) is 13.1 Å². The molecule has 2 N–H and O–H groups in total. The summed E-state index contributed by atoms with van der Waals surface area (Å²) in [6, 6.07) is 0. The van der Waals surface area contributed by atoms with E-state index in [4.69, 9.17) is 9.79 Å². The summed E-state index contributed by atoms with van der Waals surface area (Å²) in [5, 5.41) is 0. The van der Waals surface area contributed by atoms with E-state index in [0.717, 1.165) is 25.9 Å². The van der Waals surface area contributed by atoms with E-state index in [1.807, 2.05) is 13.8 Å². The molecule has 10 heavy (non-hydrogen) atoms. The van der Waals surface area contributed by atoms with Gasteiger partial charge in [0.1, 0.15) is 0 Å². The molecule has 0 aromatic carbocycles. The molecule has 0 radical (unpaired) electrons. The lowest BCUT2D eigenvalue weighted by Crippen LogP contribution is -2.19. The van der Waals surface area contributed by atoms with Gasteiger partial charge in [-0.05, 0) is 12.8 Å². The Morgan fingerprint density at radius 2 is 1.50 bits per heavy atom. The SMILES string of the molecule is CCCN(CCC)P(O)O. The molecule has 0 aromatic heterocycles. The molecule has 4 heteroatoms. The molecular weight excluding hydrogens is 149 g/mol. The molecule has 0 rings (SSSR count). The predicted octanol–water partition coefficient (Wildman–Crippen LogP) is 1.32. The van der Waals surface area contributed by atoms with Crippen LogP contribution in [0, 0.1) is 0 Å². The van der Waals surface area contributed by atoms with Gasteiger partial charge in [0.05, 0.1) is 0 Å². The van der Waals surface area contributed by atoms with Crippen LogP contribution in [0.25, 0.3) is 0 Å². The molecule has 0 aliphatic heterocycles. The van der Waals surface area contributed by atoms with Gasteiger partial charge in [0, 0.05) is 13.1 Å². The summed E-state index contributed by atoms with van der Waals surface area (Å²) in [6.07, 6.45) is 1.94. The molecule has 0 saturated heterocycles. The number of hydrogen-bond acceptors (Lipinski definition) is 3. The quantitative estimate of drug-likeness (QED) is 0.604. The van der Waals surface area contributed by atoms with Gasteiger partial charge >= 0.3 is 0 Å². The van der Waals surface area contributed by atoms with Crippen molar-refractivity contribution in [2.24, 2.45) is 0 Å². The molecule has 0 bridgehead atoms. The van der Waals surface area contributed by atoms with Crippen LogP contribution in [0.1, 0.15) is 26.7 Å². The summed E-state index contributed by atoms with van der Waals surface area (Å²) in [5.74, 6) is 0. The molecule has 62 valence electrons. The maximum Gasteiger partial charge on any atom is 0.253 e. The highest BCUT2D eigenvalue weighted by Gasteiger charge is 2.10. The second-order valence-corrected chi connectivity index (χ2v) is 3.32. The molecule has 0 aliphatic carbocycles. The summed E-state index contributed by atoms with van der Waals surface area (Å²) in [7, 11) is -1.84. The van der Waals surface area contributed by atoms with Gasteiger partial charge in [-0.1, -0.05) is 13.8 Å². The first kappa shape index (κ1) is 10.3. The zero-order valence-electron chi connectivity index (χ0n) is 6.62. The second kappa shape index (κ2) is 6.05. The lowest BCUT2D eigenvalue weighted by Gasteiger charge is -2.20. The average Bonchev–Trinajstić information content (AvgIpc) is 1.87. The summed E-state index contributed by atoms with van der Waals surface area (Å²) in [6.45, 7) is 5.63. The molecule has 3 nitrogen and oxygen atoms in total. The smallest absolute Gasteiger partial charge is 0.253 e. The van der Waals surface area contributed by atoms with Crippen LogP contribution in [0.4, 0.5) is 0 Å². The second-order valence-electron chi connectivity index (χ2n) is 2.22. The van der Waals surface area contributed by atoms with E-state index < -0.39 is 8.53 Å². The predicted molar refractivity (Wildman–Crippen MR) is 43.5 cm³/mol. The van der Waals surface area contributed by atoms with Crippen molar-refractivity contribution in [1.82, 2.24) is 4.67 Å². The molecule has 0 aliphatic rings. The Kier molecular flexibility index (Phi) is 6.24. The van der Waals surface area contributed by atoms with E-state index in [9.17, 15) is 0 Å². The van der Waals surface area contributed by atoms with Gasteiger partial charge in [-0.25, -0.2) is 4.67 Å². The highest BCUT2D eigenvalue weighted by atomic mass is 31.2. The fourth-order valence-electron chi connectivity index (χ4n) is 0.807. The van der Waals surface area contributed by atoms with E-state index >= 15 is 0 Å². The van der Waals surface area contributed by atoms with E-state index in [1.165, 1.54) is 0 Å². The number of hydrogen-bond donors (Lipinski definition) is 2. The van der Waals surface area contributed by atoms with Crippen LogP contribution in [0.15, 0.2) is 0 Å². The third-order valence-electron chi connectivity index (χ3n) is 1.22. The molecule has 0 atom stereocenters. The van der Waals surface area contributed by atoms with Crippen LogP contribution in [0.3, 0.4) is 0 Å². The normalized spacial score (nSPS) is 11.4. The number of rotatable bonds is 5. The van der Waals surface area contributed by atoms with Crippen LogP contribution >= 0.6 is 8.53 Å². The Balaban J connectivity index is 3.50. The van der Waals surface area contributed by atoms with Gasteiger partial charge < -0.3 is 9.79 Å². The maximum absolute atomic E-state index is 8.82. The minimum absolute atomic E-state index is 0.784. The first-order chi connectivity index (χ1) is 4.72. The standard InChI is InChI=1S/C6H16NO2P/c1-3-5-7(6-4-2)10(8)9/h8-9H,3-6H2,1-2H3. The first-order valence-electron chi connectivity index (χ1n) is 3.65. The van der Waals surface area contributed by atoms with Crippen LogP contribution in [0.5, 0.6) is 0 Å². The van der Waals surface area contributed by atoms with Gasteiger partial charge in [-0.15, -0.1) is 0 Å². The molecule has 0 heterocycles. The van der Waals surface area contributed by atoms with Crippen molar-refractivity contribution >= 4 is 8.53 Å². The van der Waals surface area contributed by atoms with Gasteiger partial charge in [-0.3, -0.25) is 0 Å². The third-order valence-corrected chi connectivity index (χ3v) is 2.12. The third kappa shape index (κ3) is 4.18. The topological polar surface area (TPSA) is 43.7 Å². The highest BCUT2D eigenvalue weighted by molar-refractivity contribution is 7.42. The average molecular weight is 165 g/mol. The lowest BCUT2D eigenvalue weighted by atomic mass is 10.4. The van der Waals surface area contributed by atoms with Crippen molar-refractivity contribution < 1.29 is 9.79 Å². The van der Waals surface area contributed by atoms with Crippen LogP contribution in [0.2, 0.25) is 0 Å². The highest BCUT2D eigenvalue weighted by Crippen LogP contribution is 2.29. The molecule has 0 spiro atoms. The maximum atomic E-state index is 8.82. The zero-order valence-corrected chi connectivity index (χ0v) is 7.51. The van der Waals surface area contributed by atoms with E-state index in [1.54, 1.807) is 4.67 Å². The van der Waals surface area contributed by atoms with E-state index in [2.05, 4.69) is 0 Å². The van der Waals surface area contributed by atoms with Gasteiger partial charge in [0.15, 0.2) is 0 Å². The van der Waals surface area contributed by atoms with Crippen molar-refractivity contribution in [3.05, 3.63) is 0 Å². The minimum Gasteiger partial charge on any atom is -0.338 e. The molecule has 0 saturated carbocycles. The Labute approximate surface area is 63.6 Å². The first-order valence-corrected chi connectivity index (χ1v) is 4.85. The minimum atomic E-state index is -1.84. The lowest BCUT2D eigenvalue weighted by molar-refractivity contribution is 0.340. The van der Waals surface area contributed by atoms with Crippen LogP contribution in [-0.4, -0.2) is 27.5 Å². The Morgan fingerprint density at radius 3 is 1.70 bits per heavy atom. The van der Waals surface area contributed by atoms with Gasteiger partial charge in [0.2, 0.25) is 0 Å². The molecule has 0 amide bonds. The molecular formula is C6H16NO2P. The Morgan fingerprint density at radius 1 is 1.10 bits per heavy atom. The van der Waals surface area contributed by atoms with Crippen molar-refractivity contribution in [2.45, 2.75) is 26.7 Å². The summed E-state index contributed by atoms with van der Waals surface area (Å²) in [5.41, 5.74) is 0. The molecule has 0 unspecified atom stereocenters. The Hall–Kier alpha value is 0.310. The van der Waals surface area contributed by atoms with Gasteiger partial charge in [0.25, 0.3) is 8.53 Å². The number of nitrogens with zero attached hydrogens (tertiary/aromatic N) is 1. The van der Waals surface area contributed by atoms with Crippen molar-refractivity contribution in [3.8, 4) is 0 Å². The zero-order chi connectivity index (χ0) is 7.98. The molecule has 0 fully saturated rings. The van der Waals surface area contributed by atoms with Crippen molar-refractivity contribution in [3.63, 3.8) is 0 Å². The largest absolute Gasteiger partial charge is 0.338 e. The summed E-state index contributed by atoms with van der Waals surface area (Å²) >= 11 is 0. The van der Waals surface area contributed by atoms with Gasteiger partial charge in [-0.2, -0.15) is 0 Å². The molecule has 0 aromatic rings. The van der Waals surface area contributed by atoms with Crippen molar-refractivity contribution in [1.29, 1.82) is 0 Å². The van der Waals surface area contributed by atoms with Crippen LogP contribution in [-0.2, 0) is 0 Å². The van der Waals surface area contributed by atoms with E-state index in [0.29, 0.717) is 0 Å².